The van der Waals surface area contributed by atoms with Crippen LogP contribution in [0.25, 0.3) is 6.08 Å². The summed E-state index contributed by atoms with van der Waals surface area (Å²) in [5.74, 6) is 2.09. The average molecular weight is 325 g/mol. The highest BCUT2D eigenvalue weighted by atomic mass is 14.6. The van der Waals surface area contributed by atoms with E-state index in [1.807, 2.05) is 30.7 Å². The van der Waals surface area contributed by atoms with Crippen LogP contribution in [0.2, 0.25) is 0 Å². The van der Waals surface area contributed by atoms with Crippen molar-refractivity contribution in [3.05, 3.63) is 66.3 Å². The molecule has 2 heterocycles. The predicted molar refractivity (Wildman–Crippen MR) is 105 cm³/mol. The molecule has 0 saturated heterocycles. The number of allylic oxidation sites excluding steroid dienone is 1. The maximum absolute atomic E-state index is 4.02. The zero-order valence-electron chi connectivity index (χ0n) is 15.8. The molecule has 0 saturated carbocycles. The highest BCUT2D eigenvalue weighted by molar-refractivity contribution is 5.47. The first-order valence-corrected chi connectivity index (χ1v) is 8.97. The molecule has 0 aliphatic heterocycles. The summed E-state index contributed by atoms with van der Waals surface area (Å²) in [6.45, 7) is 11.2. The maximum atomic E-state index is 4.02. The molecule has 0 amide bonds. The smallest absolute Gasteiger partial charge is 0.0340 e. The van der Waals surface area contributed by atoms with Crippen molar-refractivity contribution in [2.24, 2.45) is 11.8 Å². The first-order chi connectivity index (χ1) is 11.5. The Hall–Kier alpha value is -1.96. The topological polar surface area (TPSA) is 25.8 Å². The van der Waals surface area contributed by atoms with E-state index in [-0.39, 0.29) is 0 Å². The van der Waals surface area contributed by atoms with Gasteiger partial charge < -0.3 is 0 Å². The van der Waals surface area contributed by atoms with Gasteiger partial charge in [0.25, 0.3) is 0 Å². The fourth-order valence-corrected chi connectivity index (χ4v) is 2.22. The van der Waals surface area contributed by atoms with Gasteiger partial charge in [-0.3, -0.25) is 9.97 Å². The van der Waals surface area contributed by atoms with E-state index in [9.17, 15) is 0 Å². The third-order valence-corrected chi connectivity index (χ3v) is 3.81. The quantitative estimate of drug-likeness (QED) is 0.616. The third-order valence-electron chi connectivity index (χ3n) is 3.81. The summed E-state index contributed by atoms with van der Waals surface area (Å²) >= 11 is 0. The van der Waals surface area contributed by atoms with Crippen molar-refractivity contribution in [2.75, 3.05) is 0 Å². The van der Waals surface area contributed by atoms with Gasteiger partial charge in [-0.1, -0.05) is 59.3 Å². The van der Waals surface area contributed by atoms with E-state index in [2.05, 4.69) is 68.9 Å². The Bertz CT molecular complexity index is 559. The van der Waals surface area contributed by atoms with Gasteiger partial charge in [0, 0.05) is 24.8 Å². The summed E-state index contributed by atoms with van der Waals surface area (Å²) in [4.78, 5) is 8.03. The van der Waals surface area contributed by atoms with E-state index in [1.165, 1.54) is 24.0 Å². The molecule has 2 nitrogen and oxygen atoms in total. The largest absolute Gasteiger partial charge is 0.265 e. The SMILES string of the molecule is CC(C)/C=C\c1cccnc1.CC(C)CCC(C)c1ccncc1. The molecule has 24 heavy (non-hydrogen) atoms. The van der Waals surface area contributed by atoms with E-state index in [0.717, 1.165) is 5.92 Å². The first-order valence-electron chi connectivity index (χ1n) is 8.97. The molecule has 0 aromatic carbocycles. The maximum Gasteiger partial charge on any atom is 0.0340 e. The first kappa shape index (κ1) is 20.1. The minimum absolute atomic E-state index is 0.607. The fraction of sp³-hybridized carbons (Fsp3) is 0.455. The highest BCUT2D eigenvalue weighted by Gasteiger charge is 2.05. The molecule has 0 aliphatic rings. The Morgan fingerprint density at radius 1 is 0.875 bits per heavy atom. The van der Waals surface area contributed by atoms with E-state index in [0.29, 0.717) is 11.8 Å². The van der Waals surface area contributed by atoms with Crippen LogP contribution in [0, 0.1) is 11.8 Å². The highest BCUT2D eigenvalue weighted by Crippen LogP contribution is 2.21. The van der Waals surface area contributed by atoms with Gasteiger partial charge in [0.2, 0.25) is 0 Å². The molecule has 0 radical (unpaired) electrons. The van der Waals surface area contributed by atoms with Gasteiger partial charge >= 0.3 is 0 Å². The van der Waals surface area contributed by atoms with Crippen LogP contribution in [0.4, 0.5) is 0 Å². The Kier molecular flexibility index (Phi) is 9.67. The Balaban J connectivity index is 0.000000243. The Morgan fingerprint density at radius 2 is 1.58 bits per heavy atom. The lowest BCUT2D eigenvalue weighted by Gasteiger charge is -2.12. The summed E-state index contributed by atoms with van der Waals surface area (Å²) in [5, 5.41) is 0. The van der Waals surface area contributed by atoms with Crippen molar-refractivity contribution in [3.63, 3.8) is 0 Å². The second kappa shape index (κ2) is 11.6. The van der Waals surface area contributed by atoms with E-state index in [1.54, 1.807) is 6.20 Å². The van der Waals surface area contributed by atoms with Gasteiger partial charge in [-0.15, -0.1) is 0 Å². The summed E-state index contributed by atoms with van der Waals surface area (Å²) < 4.78 is 0. The van der Waals surface area contributed by atoms with Crippen molar-refractivity contribution in [1.82, 2.24) is 9.97 Å². The zero-order valence-corrected chi connectivity index (χ0v) is 15.8. The molecule has 0 spiro atoms. The number of pyridine rings is 2. The van der Waals surface area contributed by atoms with Crippen LogP contribution in [0.3, 0.4) is 0 Å². The Morgan fingerprint density at radius 3 is 2.12 bits per heavy atom. The van der Waals surface area contributed by atoms with Gasteiger partial charge in [0.1, 0.15) is 0 Å². The third kappa shape index (κ3) is 9.24. The molecule has 0 bridgehead atoms. The van der Waals surface area contributed by atoms with Crippen LogP contribution in [0.5, 0.6) is 0 Å². The normalized spacial score (nSPS) is 12.3. The fourth-order valence-electron chi connectivity index (χ4n) is 2.22. The van der Waals surface area contributed by atoms with Gasteiger partial charge in [0.15, 0.2) is 0 Å². The molecule has 1 atom stereocenters. The van der Waals surface area contributed by atoms with Gasteiger partial charge in [-0.25, -0.2) is 0 Å². The molecule has 0 fully saturated rings. The Labute approximate surface area is 148 Å². The van der Waals surface area contributed by atoms with Crippen LogP contribution in [-0.2, 0) is 0 Å². The molecule has 2 aromatic rings. The number of rotatable bonds is 6. The summed E-state index contributed by atoms with van der Waals surface area (Å²) in [6.07, 6.45) is 14.2. The molecule has 1 unspecified atom stereocenters. The molecule has 2 heteroatoms. The molecular formula is C22H32N2. The molecular weight excluding hydrogens is 292 g/mol. The minimum Gasteiger partial charge on any atom is -0.265 e. The molecule has 2 aromatic heterocycles. The van der Waals surface area contributed by atoms with Crippen LogP contribution < -0.4 is 0 Å². The monoisotopic (exact) mass is 324 g/mol. The number of aromatic nitrogens is 2. The van der Waals surface area contributed by atoms with Crippen molar-refractivity contribution >= 4 is 6.08 Å². The number of nitrogens with zero attached hydrogens (tertiary/aromatic N) is 2. The molecule has 0 aliphatic carbocycles. The molecule has 130 valence electrons. The minimum atomic E-state index is 0.607. The lowest BCUT2D eigenvalue weighted by atomic mass is 9.94. The van der Waals surface area contributed by atoms with Crippen molar-refractivity contribution in [2.45, 2.75) is 53.4 Å². The van der Waals surface area contributed by atoms with Crippen molar-refractivity contribution in [3.8, 4) is 0 Å². The van der Waals surface area contributed by atoms with Crippen LogP contribution in [0.15, 0.2) is 55.1 Å². The standard InChI is InChI=1S/C12H19N.C10H13N/c1-10(2)4-5-11(3)12-6-8-13-9-7-12;1-9(2)5-6-10-4-3-7-11-8-10/h6-11H,4-5H2,1-3H3;3-9H,1-2H3/b;6-5-. The molecule has 2 rings (SSSR count). The lowest BCUT2D eigenvalue weighted by Crippen LogP contribution is -1.96. The van der Waals surface area contributed by atoms with Crippen LogP contribution in [-0.4, -0.2) is 9.97 Å². The second-order valence-electron chi connectivity index (χ2n) is 7.04. The molecule has 0 N–H and O–H groups in total. The summed E-state index contributed by atoms with van der Waals surface area (Å²) in [6, 6.07) is 8.22. The van der Waals surface area contributed by atoms with Gasteiger partial charge in [0.05, 0.1) is 0 Å². The lowest BCUT2D eigenvalue weighted by molar-refractivity contribution is 0.517. The summed E-state index contributed by atoms with van der Waals surface area (Å²) in [7, 11) is 0. The van der Waals surface area contributed by atoms with Gasteiger partial charge in [-0.2, -0.15) is 0 Å². The van der Waals surface area contributed by atoms with E-state index >= 15 is 0 Å². The van der Waals surface area contributed by atoms with E-state index in [4.69, 9.17) is 0 Å². The van der Waals surface area contributed by atoms with E-state index < -0.39 is 0 Å². The predicted octanol–water partition coefficient (Wildman–Crippen LogP) is 6.37. The summed E-state index contributed by atoms with van der Waals surface area (Å²) in [5.41, 5.74) is 2.58. The number of hydrogen-bond acceptors (Lipinski definition) is 2. The van der Waals surface area contributed by atoms with Gasteiger partial charge in [-0.05, 0) is 53.5 Å². The van der Waals surface area contributed by atoms with Crippen molar-refractivity contribution in [1.29, 1.82) is 0 Å². The number of hydrogen-bond donors (Lipinski definition) is 0. The zero-order chi connectivity index (χ0) is 17.8. The second-order valence-corrected chi connectivity index (χ2v) is 7.04. The van der Waals surface area contributed by atoms with Crippen molar-refractivity contribution < 1.29 is 0 Å². The van der Waals surface area contributed by atoms with Crippen LogP contribution >= 0.6 is 0 Å². The van der Waals surface area contributed by atoms with Crippen LogP contribution in [0.1, 0.15) is 64.5 Å². The average Bonchev–Trinajstić information content (AvgIpc) is 2.60.